The molecule has 0 saturated heterocycles. The first-order valence-electron chi connectivity index (χ1n) is 5.75. The molecule has 4 heteroatoms. The summed E-state index contributed by atoms with van der Waals surface area (Å²) >= 11 is 1.74. The van der Waals surface area contributed by atoms with Crippen LogP contribution in [-0.2, 0) is 12.3 Å². The normalized spacial score (nSPS) is 16.8. The van der Waals surface area contributed by atoms with Gasteiger partial charge in [0.1, 0.15) is 0 Å². The Labute approximate surface area is 105 Å². The van der Waals surface area contributed by atoms with Gasteiger partial charge in [-0.15, -0.1) is 11.8 Å². The lowest BCUT2D eigenvalue weighted by Crippen LogP contribution is -2.48. The van der Waals surface area contributed by atoms with E-state index >= 15 is 0 Å². The fourth-order valence-electron chi connectivity index (χ4n) is 1.93. The van der Waals surface area contributed by atoms with Crippen molar-refractivity contribution in [2.75, 3.05) is 5.75 Å². The average molecular weight is 257 g/mol. The number of hydrogen-bond acceptors (Lipinski definition) is 2. The van der Waals surface area contributed by atoms with Crippen molar-refractivity contribution in [3.05, 3.63) is 29.3 Å². The molecule has 0 atom stereocenters. The van der Waals surface area contributed by atoms with Crippen LogP contribution in [0.1, 0.15) is 31.4 Å². The molecule has 0 spiro atoms. The van der Waals surface area contributed by atoms with E-state index in [1.807, 2.05) is 0 Å². The molecule has 0 aliphatic carbocycles. The van der Waals surface area contributed by atoms with Crippen LogP contribution >= 0.6 is 11.8 Å². The van der Waals surface area contributed by atoms with E-state index in [9.17, 15) is 8.78 Å². The maximum atomic E-state index is 14.1. The quantitative estimate of drug-likeness (QED) is 0.876. The molecule has 0 bridgehead atoms. The molecule has 1 aliphatic rings. The van der Waals surface area contributed by atoms with Crippen LogP contribution in [0.5, 0.6) is 0 Å². The summed E-state index contributed by atoms with van der Waals surface area (Å²) in [7, 11) is 0. The predicted molar refractivity (Wildman–Crippen MR) is 67.6 cm³/mol. The summed E-state index contributed by atoms with van der Waals surface area (Å²) in [5.41, 5.74) is 5.09. The summed E-state index contributed by atoms with van der Waals surface area (Å²) in [6.07, 6.45) is 1.94. The molecule has 0 amide bonds. The number of fused-ring (bicyclic) bond motifs is 1. The minimum Gasteiger partial charge on any atom is -0.320 e. The number of nitrogens with two attached hydrogens (primary N) is 1. The Morgan fingerprint density at radius 3 is 2.65 bits per heavy atom. The predicted octanol–water partition coefficient (Wildman–Crippen LogP) is 3.55. The molecule has 1 aromatic carbocycles. The second-order valence-corrected chi connectivity index (χ2v) is 6.21. The van der Waals surface area contributed by atoms with Gasteiger partial charge < -0.3 is 5.73 Å². The Morgan fingerprint density at radius 2 is 2.00 bits per heavy atom. The van der Waals surface area contributed by atoms with Gasteiger partial charge in [0.2, 0.25) is 0 Å². The highest BCUT2D eigenvalue weighted by molar-refractivity contribution is 7.99. The molecule has 1 aliphatic heterocycles. The highest BCUT2D eigenvalue weighted by Crippen LogP contribution is 2.40. The van der Waals surface area contributed by atoms with Gasteiger partial charge in [0.25, 0.3) is 5.92 Å². The minimum absolute atomic E-state index is 0.0336. The van der Waals surface area contributed by atoms with Crippen molar-refractivity contribution in [3.8, 4) is 0 Å². The molecule has 2 rings (SSSR count). The van der Waals surface area contributed by atoms with Crippen molar-refractivity contribution < 1.29 is 8.78 Å². The number of thioether (sulfide) groups is 1. The number of rotatable bonds is 2. The molecule has 1 aromatic rings. The molecule has 0 unspecified atom stereocenters. The van der Waals surface area contributed by atoms with Gasteiger partial charge in [0.05, 0.1) is 5.54 Å². The molecule has 17 heavy (non-hydrogen) atoms. The molecular formula is C13H17F2NS. The largest absolute Gasteiger partial charge is 0.320 e. The lowest BCUT2D eigenvalue weighted by molar-refractivity contribution is -0.0673. The lowest BCUT2D eigenvalue weighted by atomic mass is 9.90. The molecule has 2 N–H and O–H groups in total. The van der Waals surface area contributed by atoms with E-state index < -0.39 is 11.5 Å². The minimum atomic E-state index is -3.00. The number of halogens is 2. The third kappa shape index (κ3) is 2.33. The van der Waals surface area contributed by atoms with Crippen molar-refractivity contribution in [1.82, 2.24) is 0 Å². The number of alkyl halides is 2. The van der Waals surface area contributed by atoms with Gasteiger partial charge in [-0.3, -0.25) is 0 Å². The molecule has 0 saturated carbocycles. The van der Waals surface area contributed by atoms with Crippen LogP contribution in [-0.4, -0.2) is 11.3 Å². The molecule has 1 nitrogen and oxygen atoms in total. The first kappa shape index (κ1) is 12.8. The van der Waals surface area contributed by atoms with E-state index in [0.717, 1.165) is 29.1 Å². The van der Waals surface area contributed by atoms with Crippen molar-refractivity contribution in [2.45, 2.75) is 43.0 Å². The van der Waals surface area contributed by atoms with Gasteiger partial charge in [-0.2, -0.15) is 8.78 Å². The maximum Gasteiger partial charge on any atom is 0.290 e. The van der Waals surface area contributed by atoms with Crippen LogP contribution in [0.15, 0.2) is 23.1 Å². The first-order chi connectivity index (χ1) is 7.82. The second-order valence-electron chi connectivity index (χ2n) is 5.07. The summed E-state index contributed by atoms with van der Waals surface area (Å²) < 4.78 is 28.2. The van der Waals surface area contributed by atoms with Crippen LogP contribution in [0.3, 0.4) is 0 Å². The van der Waals surface area contributed by atoms with Crippen LogP contribution in [0, 0.1) is 0 Å². The summed E-state index contributed by atoms with van der Waals surface area (Å²) in [4.78, 5) is 1.13. The fraction of sp³-hybridized carbons (Fsp3) is 0.538. The third-order valence-corrected chi connectivity index (χ3v) is 4.28. The highest BCUT2D eigenvalue weighted by Gasteiger charge is 2.45. The SMILES string of the molecule is CC(C)(N)C(F)(F)c1ccc2c(c1)CCCS2. The summed E-state index contributed by atoms with van der Waals surface area (Å²) in [5, 5.41) is 0. The Balaban J connectivity index is 2.40. The van der Waals surface area contributed by atoms with Gasteiger partial charge in [-0.1, -0.05) is 6.07 Å². The van der Waals surface area contributed by atoms with Gasteiger partial charge >= 0.3 is 0 Å². The van der Waals surface area contributed by atoms with Gasteiger partial charge in [-0.25, -0.2) is 0 Å². The monoisotopic (exact) mass is 257 g/mol. The third-order valence-electron chi connectivity index (χ3n) is 3.08. The molecule has 0 fully saturated rings. The Morgan fingerprint density at radius 1 is 1.29 bits per heavy atom. The fourth-order valence-corrected chi connectivity index (χ4v) is 2.95. The van der Waals surface area contributed by atoms with E-state index in [2.05, 4.69) is 0 Å². The van der Waals surface area contributed by atoms with E-state index in [1.54, 1.807) is 23.9 Å². The molecule has 0 radical (unpaired) electrons. The van der Waals surface area contributed by atoms with Crippen LogP contribution in [0.25, 0.3) is 0 Å². The first-order valence-corrected chi connectivity index (χ1v) is 6.74. The zero-order valence-electron chi connectivity index (χ0n) is 10.1. The van der Waals surface area contributed by atoms with E-state index in [-0.39, 0.29) is 5.56 Å². The van der Waals surface area contributed by atoms with Gasteiger partial charge in [0.15, 0.2) is 0 Å². The molecule has 0 aromatic heterocycles. The Hall–Kier alpha value is -0.610. The lowest BCUT2D eigenvalue weighted by Gasteiger charge is -2.31. The molecular weight excluding hydrogens is 240 g/mol. The van der Waals surface area contributed by atoms with Gasteiger partial charge in [0, 0.05) is 10.5 Å². The zero-order chi connectivity index (χ0) is 12.7. The summed E-state index contributed by atoms with van der Waals surface area (Å²) in [5.74, 6) is -1.92. The highest BCUT2D eigenvalue weighted by atomic mass is 32.2. The second kappa shape index (κ2) is 4.25. The van der Waals surface area contributed by atoms with E-state index in [0.29, 0.717) is 0 Å². The standard InChI is InChI=1S/C13H17F2NS/c1-12(2,16)13(14,15)10-5-6-11-9(8-10)4-3-7-17-11/h5-6,8H,3-4,7,16H2,1-2H3. The van der Waals surface area contributed by atoms with Crippen LogP contribution < -0.4 is 5.73 Å². The average Bonchev–Trinajstić information content (AvgIpc) is 2.27. The Bertz CT molecular complexity index is 424. The zero-order valence-corrected chi connectivity index (χ0v) is 10.9. The number of aryl methyl sites for hydroxylation is 1. The number of hydrogen-bond donors (Lipinski definition) is 1. The van der Waals surface area contributed by atoms with Crippen molar-refractivity contribution >= 4 is 11.8 Å². The summed E-state index contributed by atoms with van der Waals surface area (Å²) in [6, 6.07) is 4.93. The maximum absolute atomic E-state index is 14.1. The van der Waals surface area contributed by atoms with Crippen LogP contribution in [0.2, 0.25) is 0 Å². The Kier molecular flexibility index (Phi) is 3.21. The van der Waals surface area contributed by atoms with Crippen molar-refractivity contribution in [1.29, 1.82) is 0 Å². The van der Waals surface area contributed by atoms with Crippen molar-refractivity contribution in [2.24, 2.45) is 5.73 Å². The number of benzene rings is 1. The topological polar surface area (TPSA) is 26.0 Å². The van der Waals surface area contributed by atoms with Crippen LogP contribution in [0.4, 0.5) is 8.78 Å². The van der Waals surface area contributed by atoms with E-state index in [4.69, 9.17) is 5.73 Å². The van der Waals surface area contributed by atoms with Gasteiger partial charge in [-0.05, 0) is 50.1 Å². The smallest absolute Gasteiger partial charge is 0.290 e. The molecule has 94 valence electrons. The van der Waals surface area contributed by atoms with E-state index in [1.165, 1.54) is 19.9 Å². The summed E-state index contributed by atoms with van der Waals surface area (Å²) in [6.45, 7) is 2.72. The molecule has 1 heterocycles. The van der Waals surface area contributed by atoms with Crippen molar-refractivity contribution in [3.63, 3.8) is 0 Å².